The Balaban J connectivity index is 1.08. The van der Waals surface area contributed by atoms with Crippen molar-refractivity contribution in [3.8, 4) is 17.2 Å². The molecule has 0 aliphatic carbocycles. The summed E-state index contributed by atoms with van der Waals surface area (Å²) in [4.78, 5) is 28.9. The van der Waals surface area contributed by atoms with Gasteiger partial charge in [0.15, 0.2) is 0 Å². The lowest BCUT2D eigenvalue weighted by Gasteiger charge is -2.39. The fraction of sp³-hybridized carbons (Fsp3) is 0.395. The zero-order valence-electron chi connectivity index (χ0n) is 28.2. The zero-order chi connectivity index (χ0) is 33.3. The number of nitrogens with zero attached hydrogens (tertiary/aromatic N) is 3. The van der Waals surface area contributed by atoms with Crippen LogP contribution in [0.2, 0.25) is 0 Å². The van der Waals surface area contributed by atoms with E-state index in [2.05, 4.69) is 48.4 Å². The van der Waals surface area contributed by atoms with Crippen LogP contribution in [0.3, 0.4) is 0 Å². The number of amides is 3. The molecule has 2 fully saturated rings. The minimum absolute atomic E-state index is 0.0250. The van der Waals surface area contributed by atoms with Crippen molar-refractivity contribution in [1.29, 1.82) is 0 Å². The molecule has 47 heavy (non-hydrogen) atoms. The predicted octanol–water partition coefficient (Wildman–Crippen LogP) is 7.77. The van der Waals surface area contributed by atoms with E-state index in [1.807, 2.05) is 55.5 Å². The van der Waals surface area contributed by atoms with Gasteiger partial charge in [-0.2, -0.15) is 5.10 Å². The Bertz CT molecular complexity index is 1730. The molecule has 0 radical (unpaired) electrons. The Morgan fingerprint density at radius 1 is 0.872 bits per heavy atom. The Labute approximate surface area is 277 Å². The van der Waals surface area contributed by atoms with E-state index in [1.165, 1.54) is 5.56 Å². The fourth-order valence-corrected chi connectivity index (χ4v) is 6.96. The first-order valence-electron chi connectivity index (χ1n) is 16.4. The smallest absolute Gasteiger partial charge is 0.324 e. The van der Waals surface area contributed by atoms with E-state index in [1.54, 1.807) is 31.0 Å². The van der Waals surface area contributed by atoms with Crippen LogP contribution in [-0.4, -0.2) is 52.9 Å². The van der Waals surface area contributed by atoms with E-state index in [9.17, 15) is 9.59 Å². The number of piperidine rings is 1. The maximum atomic E-state index is 13.7. The molecular formula is C38H45N5O4. The topological polar surface area (TPSA) is 97.7 Å². The average Bonchev–Trinajstić information content (AvgIpc) is 3.59. The van der Waals surface area contributed by atoms with Crippen molar-refractivity contribution in [1.82, 2.24) is 14.7 Å². The van der Waals surface area contributed by atoms with E-state index < -0.39 is 0 Å². The van der Waals surface area contributed by atoms with Gasteiger partial charge in [-0.1, -0.05) is 50.6 Å². The van der Waals surface area contributed by atoms with E-state index in [4.69, 9.17) is 14.6 Å². The number of nitrogens with one attached hydrogen (secondary N) is 2. The molecule has 0 spiro atoms. The predicted molar refractivity (Wildman–Crippen MR) is 185 cm³/mol. The molecule has 4 aromatic rings. The number of carbonyl (C=O) groups is 2. The number of carbonyl (C=O) groups excluding carboxylic acids is 2. The minimum Gasteiger partial charge on any atom is -0.497 e. The first-order valence-corrected chi connectivity index (χ1v) is 16.4. The summed E-state index contributed by atoms with van der Waals surface area (Å²) in [5.41, 5.74) is 5.26. The third-order valence-corrected chi connectivity index (χ3v) is 9.44. The van der Waals surface area contributed by atoms with E-state index in [0.717, 1.165) is 54.7 Å². The van der Waals surface area contributed by atoms with Gasteiger partial charge in [0.2, 0.25) is 0 Å². The van der Waals surface area contributed by atoms with Crippen molar-refractivity contribution in [3.05, 3.63) is 95.2 Å². The molecule has 3 heterocycles. The molecule has 1 aromatic heterocycles. The highest BCUT2D eigenvalue weighted by atomic mass is 16.5. The van der Waals surface area contributed by atoms with Gasteiger partial charge >= 0.3 is 6.03 Å². The fourth-order valence-electron chi connectivity index (χ4n) is 6.96. The van der Waals surface area contributed by atoms with Crippen molar-refractivity contribution in [3.63, 3.8) is 0 Å². The average molecular weight is 636 g/mol. The molecule has 2 aliphatic rings. The molecule has 9 nitrogen and oxygen atoms in total. The SMILES string of the molecule is COc1ccc(OC)c(C(=O)N2C3CCC2CC(Cc2ccc(NC(=O)Nc4cc(C(C)(C)C)nn4-c4ccc(C)cc4)cc2)C3)c1. The molecule has 2 unspecified atom stereocenters. The third kappa shape index (κ3) is 6.99. The van der Waals surface area contributed by atoms with Crippen LogP contribution in [0.5, 0.6) is 11.5 Å². The Kier molecular flexibility index (Phi) is 8.99. The lowest BCUT2D eigenvalue weighted by molar-refractivity contribution is 0.0521. The maximum Gasteiger partial charge on any atom is 0.324 e. The van der Waals surface area contributed by atoms with Crippen LogP contribution >= 0.6 is 0 Å². The van der Waals surface area contributed by atoms with E-state index in [-0.39, 0.29) is 29.4 Å². The van der Waals surface area contributed by atoms with Gasteiger partial charge in [-0.25, -0.2) is 9.48 Å². The summed E-state index contributed by atoms with van der Waals surface area (Å²) in [7, 11) is 3.20. The molecule has 246 valence electrons. The molecule has 3 amide bonds. The molecule has 9 heteroatoms. The first kappa shape index (κ1) is 32.2. The van der Waals surface area contributed by atoms with Gasteiger partial charge in [0, 0.05) is 29.3 Å². The summed E-state index contributed by atoms with van der Waals surface area (Å²) in [5, 5.41) is 10.8. The van der Waals surface area contributed by atoms with Gasteiger partial charge in [-0.15, -0.1) is 0 Å². The number of anilines is 2. The molecule has 2 saturated heterocycles. The molecular weight excluding hydrogens is 590 g/mol. The van der Waals surface area contributed by atoms with E-state index >= 15 is 0 Å². The van der Waals surface area contributed by atoms with Crippen molar-refractivity contribution >= 4 is 23.4 Å². The second-order valence-electron chi connectivity index (χ2n) is 13.9. The largest absolute Gasteiger partial charge is 0.497 e. The van der Waals surface area contributed by atoms with Crippen LogP contribution in [0, 0.1) is 12.8 Å². The molecule has 2 N–H and O–H groups in total. The second kappa shape index (κ2) is 13.1. The van der Waals surface area contributed by atoms with Crippen molar-refractivity contribution in [2.75, 3.05) is 24.9 Å². The van der Waals surface area contributed by atoms with Gasteiger partial charge in [0.1, 0.15) is 17.3 Å². The second-order valence-corrected chi connectivity index (χ2v) is 13.9. The number of hydrogen-bond acceptors (Lipinski definition) is 5. The Hall–Kier alpha value is -4.79. The molecule has 2 bridgehead atoms. The maximum absolute atomic E-state index is 13.7. The molecule has 2 aliphatic heterocycles. The van der Waals surface area contributed by atoms with Crippen molar-refractivity contribution in [2.45, 2.75) is 77.3 Å². The van der Waals surface area contributed by atoms with Crippen LogP contribution in [0.15, 0.2) is 72.8 Å². The molecule has 3 aromatic carbocycles. The highest BCUT2D eigenvalue weighted by Gasteiger charge is 2.44. The zero-order valence-corrected chi connectivity index (χ0v) is 28.2. The normalized spacial score (nSPS) is 18.9. The summed E-state index contributed by atoms with van der Waals surface area (Å²) >= 11 is 0. The van der Waals surface area contributed by atoms with Crippen LogP contribution in [0.1, 0.15) is 73.6 Å². The summed E-state index contributed by atoms with van der Waals surface area (Å²) in [5.74, 6) is 2.35. The summed E-state index contributed by atoms with van der Waals surface area (Å²) in [6, 6.07) is 23.6. The number of hydrogen-bond donors (Lipinski definition) is 2. The highest BCUT2D eigenvalue weighted by Crippen LogP contribution is 2.42. The van der Waals surface area contributed by atoms with E-state index in [0.29, 0.717) is 28.8 Å². The number of fused-ring (bicyclic) bond motifs is 2. The number of ether oxygens (including phenoxy) is 2. The standard InChI is InChI=1S/C38H45N5O4/c1-24-7-13-28(14-8-24)43-35(23-34(41-43)38(2,3)4)40-37(45)39-27-11-9-25(10-12-27)19-26-20-29-15-16-30(21-26)42(29)36(44)32-22-31(46-5)17-18-33(32)47-6/h7-14,17-18,22-23,26,29-30H,15-16,19-21H2,1-6H3,(H2,39,40,45). The van der Waals surface area contributed by atoms with Gasteiger partial charge in [0.05, 0.1) is 31.2 Å². The van der Waals surface area contributed by atoms with Crippen molar-refractivity contribution < 1.29 is 19.1 Å². The Morgan fingerprint density at radius 2 is 1.55 bits per heavy atom. The summed E-state index contributed by atoms with van der Waals surface area (Å²) in [6.45, 7) is 8.36. The number of methoxy groups -OCH3 is 2. The van der Waals surface area contributed by atoms with Crippen LogP contribution in [0.25, 0.3) is 5.69 Å². The third-order valence-electron chi connectivity index (χ3n) is 9.44. The van der Waals surface area contributed by atoms with Gasteiger partial charge < -0.3 is 19.7 Å². The minimum atomic E-state index is -0.326. The summed E-state index contributed by atoms with van der Waals surface area (Å²) in [6.07, 6.45) is 4.94. The number of rotatable bonds is 8. The first-order chi connectivity index (χ1) is 22.5. The number of benzene rings is 3. The lowest BCUT2D eigenvalue weighted by Crippen LogP contribution is -2.47. The lowest BCUT2D eigenvalue weighted by atomic mass is 9.85. The quantitative estimate of drug-likeness (QED) is 0.206. The van der Waals surface area contributed by atoms with Gasteiger partial charge in [0.25, 0.3) is 5.91 Å². The van der Waals surface area contributed by atoms with Crippen LogP contribution in [0.4, 0.5) is 16.3 Å². The van der Waals surface area contributed by atoms with Gasteiger partial charge in [-0.05, 0) is 93.0 Å². The van der Waals surface area contributed by atoms with Crippen LogP contribution in [-0.2, 0) is 11.8 Å². The van der Waals surface area contributed by atoms with Crippen LogP contribution < -0.4 is 20.1 Å². The number of aryl methyl sites for hydroxylation is 1. The monoisotopic (exact) mass is 635 g/mol. The Morgan fingerprint density at radius 3 is 2.17 bits per heavy atom. The molecule has 6 rings (SSSR count). The van der Waals surface area contributed by atoms with Gasteiger partial charge in [-0.3, -0.25) is 10.1 Å². The number of urea groups is 1. The van der Waals surface area contributed by atoms with Crippen molar-refractivity contribution in [2.24, 2.45) is 5.92 Å². The molecule has 2 atom stereocenters. The highest BCUT2D eigenvalue weighted by molar-refractivity contribution is 5.99. The number of aromatic nitrogens is 2. The summed E-state index contributed by atoms with van der Waals surface area (Å²) < 4.78 is 12.7. The molecule has 0 saturated carbocycles.